The Bertz CT molecular complexity index is 1040. The van der Waals surface area contributed by atoms with Crippen molar-refractivity contribution in [3.63, 3.8) is 0 Å². The Balaban J connectivity index is 1.56. The van der Waals surface area contributed by atoms with Crippen molar-refractivity contribution in [1.82, 2.24) is 4.90 Å². The fourth-order valence-electron chi connectivity index (χ4n) is 5.64. The molecule has 0 bridgehead atoms. The van der Waals surface area contributed by atoms with E-state index >= 15 is 0 Å². The van der Waals surface area contributed by atoms with Crippen LogP contribution in [0.15, 0.2) is 91.0 Å². The van der Waals surface area contributed by atoms with E-state index in [0.29, 0.717) is 6.04 Å². The van der Waals surface area contributed by atoms with Gasteiger partial charge in [0.2, 0.25) is 0 Å². The highest BCUT2D eigenvalue weighted by atomic mass is 31.2. The second kappa shape index (κ2) is 8.51. The van der Waals surface area contributed by atoms with Crippen molar-refractivity contribution >= 4 is 23.4 Å². The summed E-state index contributed by atoms with van der Waals surface area (Å²) in [6.07, 6.45) is 2.28. The third-order valence-corrected chi connectivity index (χ3v) is 10.3. The lowest BCUT2D eigenvalue weighted by Crippen LogP contribution is -2.57. The maximum absolute atomic E-state index is 14.7. The first-order valence-electron chi connectivity index (χ1n) is 11.5. The average molecular weight is 447 g/mol. The first-order chi connectivity index (χ1) is 15.5. The Hall–Kier alpha value is -2.39. The number of nitrogens with zero attached hydrogens (tertiary/aromatic N) is 2. The lowest BCUT2D eigenvalue weighted by molar-refractivity contribution is 0.000132. The van der Waals surface area contributed by atoms with Crippen LogP contribution in [0.2, 0.25) is 0 Å². The molecule has 3 aromatic rings. The third kappa shape index (κ3) is 3.81. The number of hydrogen-bond donors (Lipinski definition) is 1. The van der Waals surface area contributed by atoms with Gasteiger partial charge in [-0.2, -0.15) is 0 Å². The van der Waals surface area contributed by atoms with Crippen molar-refractivity contribution in [1.29, 1.82) is 0 Å². The first-order valence-corrected chi connectivity index (χ1v) is 13.4. The highest BCUT2D eigenvalue weighted by molar-refractivity contribution is 7.78. The number of rotatable bonds is 6. The molecule has 0 aliphatic carbocycles. The molecule has 1 N–H and O–H groups in total. The topological polar surface area (TPSA) is 43.8 Å². The highest BCUT2D eigenvalue weighted by Gasteiger charge is 2.52. The summed E-state index contributed by atoms with van der Waals surface area (Å²) in [6, 6.07) is 30.1. The van der Waals surface area contributed by atoms with E-state index in [9.17, 15) is 9.67 Å². The maximum Gasteiger partial charge on any atom is 0.146 e. The first kappa shape index (κ1) is 21.5. The van der Waals surface area contributed by atoms with Crippen LogP contribution < -0.4 is 15.5 Å². The summed E-state index contributed by atoms with van der Waals surface area (Å²) in [5.74, 6) is 0. The number of aliphatic hydroxyl groups is 1. The Morgan fingerprint density at radius 1 is 0.906 bits per heavy atom. The van der Waals surface area contributed by atoms with Gasteiger partial charge in [0, 0.05) is 41.6 Å². The average Bonchev–Trinajstić information content (AvgIpc) is 3.42. The Morgan fingerprint density at radius 3 is 2.00 bits per heavy atom. The molecule has 0 radical (unpaired) electrons. The molecule has 2 aliphatic rings. The minimum Gasteiger partial charge on any atom is -0.386 e. The maximum atomic E-state index is 14.7. The van der Waals surface area contributed by atoms with Gasteiger partial charge in [-0.1, -0.05) is 78.9 Å². The minimum atomic E-state index is -3.06. The van der Waals surface area contributed by atoms with Crippen LogP contribution in [0.5, 0.6) is 0 Å². The van der Waals surface area contributed by atoms with Crippen LogP contribution in [0.3, 0.4) is 0 Å². The fraction of sp³-hybridized carbons (Fsp3) is 0.333. The van der Waals surface area contributed by atoms with Crippen molar-refractivity contribution in [2.75, 3.05) is 24.2 Å². The van der Waals surface area contributed by atoms with E-state index in [4.69, 9.17) is 0 Å². The van der Waals surface area contributed by atoms with Gasteiger partial charge in [-0.3, -0.25) is 4.90 Å². The molecule has 2 fully saturated rings. The summed E-state index contributed by atoms with van der Waals surface area (Å²) in [5, 5.41) is 13.7. The van der Waals surface area contributed by atoms with Gasteiger partial charge in [0.05, 0.1) is 0 Å². The number of hydrogen-bond acceptors (Lipinski definition) is 4. The molecule has 0 spiro atoms. The minimum absolute atomic E-state index is 0.200. The number of benzene rings is 3. The molecule has 5 rings (SSSR count). The van der Waals surface area contributed by atoms with E-state index in [0.717, 1.165) is 42.2 Å². The molecule has 5 heteroatoms. The van der Waals surface area contributed by atoms with Crippen LogP contribution in [-0.4, -0.2) is 47.1 Å². The normalized spacial score (nSPS) is 23.1. The second-order valence-corrected chi connectivity index (χ2v) is 12.1. The molecule has 3 aromatic carbocycles. The summed E-state index contributed by atoms with van der Waals surface area (Å²) in [4.78, 5) is 4.76. The molecule has 32 heavy (non-hydrogen) atoms. The fourth-order valence-corrected chi connectivity index (χ4v) is 8.68. The summed E-state index contributed by atoms with van der Waals surface area (Å²) in [5.41, 5.74) is -0.0581. The van der Waals surface area contributed by atoms with Crippen molar-refractivity contribution < 1.29 is 9.67 Å². The van der Waals surface area contributed by atoms with Crippen LogP contribution in [0.4, 0.5) is 5.69 Å². The van der Waals surface area contributed by atoms with Crippen molar-refractivity contribution in [3.05, 3.63) is 91.0 Å². The van der Waals surface area contributed by atoms with Gasteiger partial charge in [0.15, 0.2) is 0 Å². The third-order valence-electron chi connectivity index (χ3n) is 6.97. The largest absolute Gasteiger partial charge is 0.386 e. The zero-order valence-corrected chi connectivity index (χ0v) is 19.4. The van der Waals surface area contributed by atoms with E-state index in [1.54, 1.807) is 0 Å². The quantitative estimate of drug-likeness (QED) is 0.580. The number of fused-ring (bicyclic) bond motifs is 1. The van der Waals surface area contributed by atoms with Crippen molar-refractivity contribution in [2.24, 2.45) is 0 Å². The van der Waals surface area contributed by atoms with Crippen LogP contribution >= 0.6 is 7.14 Å². The molecule has 3 atom stereocenters. The van der Waals surface area contributed by atoms with Gasteiger partial charge < -0.3 is 14.6 Å². The van der Waals surface area contributed by atoms with E-state index in [-0.39, 0.29) is 12.3 Å². The molecule has 2 heterocycles. The highest BCUT2D eigenvalue weighted by Crippen LogP contribution is 2.49. The van der Waals surface area contributed by atoms with Gasteiger partial charge >= 0.3 is 0 Å². The summed E-state index contributed by atoms with van der Waals surface area (Å²) < 4.78 is 14.7. The number of anilines is 1. The Morgan fingerprint density at radius 2 is 1.44 bits per heavy atom. The molecular formula is C27H31N2O2P. The van der Waals surface area contributed by atoms with Crippen molar-refractivity contribution in [3.8, 4) is 0 Å². The summed E-state index contributed by atoms with van der Waals surface area (Å²) >= 11 is 0. The second-order valence-electron chi connectivity index (χ2n) is 9.32. The van der Waals surface area contributed by atoms with Crippen molar-refractivity contribution in [2.45, 2.75) is 37.6 Å². The molecule has 4 nitrogen and oxygen atoms in total. The molecule has 166 valence electrons. The van der Waals surface area contributed by atoms with E-state index < -0.39 is 12.7 Å². The predicted octanol–water partition coefficient (Wildman–Crippen LogP) is 4.06. The van der Waals surface area contributed by atoms with Gasteiger partial charge in [-0.25, -0.2) is 0 Å². The SMILES string of the molecule is C[C@@](O)(CP(=O)(c1ccccc1)c1ccccc1)[C@H]1N(c2ccccc2)C[C@@H]2CCCN21. The van der Waals surface area contributed by atoms with Gasteiger partial charge in [-0.05, 0) is 31.9 Å². The van der Waals surface area contributed by atoms with Crippen LogP contribution in [0, 0.1) is 0 Å². The molecule has 2 aliphatic heterocycles. The Kier molecular flexibility index (Phi) is 5.71. The molecular weight excluding hydrogens is 415 g/mol. The zero-order valence-electron chi connectivity index (χ0n) is 18.5. The van der Waals surface area contributed by atoms with Crippen LogP contribution in [0.1, 0.15) is 19.8 Å². The monoisotopic (exact) mass is 446 g/mol. The van der Waals surface area contributed by atoms with Crippen LogP contribution in [0.25, 0.3) is 0 Å². The van der Waals surface area contributed by atoms with Gasteiger partial charge in [-0.15, -0.1) is 0 Å². The standard InChI is InChI=1S/C27H31N2O2P/c1-27(30,21-32(31,24-15-7-3-8-16-24)25-17-9-4-10-18-25)26-28-19-11-14-23(28)20-29(26)22-12-5-2-6-13-22/h2-10,12-13,15-18,23,26,30H,11,14,19-21H2,1H3/t23-,26+,27+/m0/s1. The molecule has 2 saturated heterocycles. The molecule has 0 saturated carbocycles. The lowest BCUT2D eigenvalue weighted by atomic mass is 10.0. The smallest absolute Gasteiger partial charge is 0.146 e. The van der Waals surface area contributed by atoms with Gasteiger partial charge in [0.25, 0.3) is 0 Å². The summed E-state index contributed by atoms with van der Waals surface area (Å²) in [6.45, 7) is 3.74. The predicted molar refractivity (Wildman–Crippen MR) is 133 cm³/mol. The van der Waals surface area contributed by atoms with Gasteiger partial charge in [0.1, 0.15) is 18.9 Å². The van der Waals surface area contributed by atoms with E-state index in [1.807, 2.05) is 85.8 Å². The molecule has 0 amide bonds. The number of para-hydroxylation sites is 1. The Labute approximate surface area is 190 Å². The molecule has 0 unspecified atom stereocenters. The van der Waals surface area contributed by atoms with Crippen LogP contribution in [-0.2, 0) is 4.57 Å². The zero-order chi connectivity index (χ0) is 22.2. The van der Waals surface area contributed by atoms with E-state index in [2.05, 4.69) is 21.9 Å². The molecule has 0 aromatic heterocycles. The van der Waals surface area contributed by atoms with E-state index in [1.165, 1.54) is 0 Å². The summed E-state index contributed by atoms with van der Waals surface area (Å²) in [7, 11) is -3.06. The lowest BCUT2D eigenvalue weighted by Gasteiger charge is -2.42.